The van der Waals surface area contributed by atoms with Gasteiger partial charge in [0.25, 0.3) is 0 Å². The first-order valence-corrected chi connectivity index (χ1v) is 5.13. The summed E-state index contributed by atoms with van der Waals surface area (Å²) in [5.41, 5.74) is 0.388. The summed E-state index contributed by atoms with van der Waals surface area (Å²) in [5.74, 6) is -0.177. The predicted octanol–water partition coefficient (Wildman–Crippen LogP) is 2.75. The van der Waals surface area contributed by atoms with Crippen molar-refractivity contribution in [2.45, 2.75) is 26.2 Å². The molecule has 1 rings (SSSR count). The van der Waals surface area contributed by atoms with Crippen molar-refractivity contribution in [1.29, 1.82) is 0 Å². The van der Waals surface area contributed by atoms with E-state index in [1.54, 1.807) is 18.2 Å². The maximum Gasteiger partial charge on any atom is 0.168 e. The summed E-state index contributed by atoms with van der Waals surface area (Å²) in [6, 6.07) is 4.87. The molecular weight excluding hydrogens is 195 g/mol. The topological polar surface area (TPSA) is 26.3 Å². The Morgan fingerprint density at radius 3 is 2.93 bits per heavy atom. The average molecular weight is 210 g/mol. The van der Waals surface area contributed by atoms with Crippen molar-refractivity contribution in [2.75, 3.05) is 6.61 Å². The molecule has 3 heteroatoms. The van der Waals surface area contributed by atoms with E-state index in [2.05, 4.69) is 0 Å². The monoisotopic (exact) mass is 210 g/mol. The van der Waals surface area contributed by atoms with E-state index in [4.69, 9.17) is 4.74 Å². The molecule has 0 spiro atoms. The molecule has 0 fully saturated rings. The van der Waals surface area contributed by atoms with Crippen LogP contribution in [0.2, 0.25) is 0 Å². The number of hydrogen-bond donors (Lipinski definition) is 0. The van der Waals surface area contributed by atoms with Gasteiger partial charge in [-0.05, 0) is 18.1 Å². The number of unbranched alkanes of at least 4 members (excludes halogenated alkanes) is 1. The van der Waals surface area contributed by atoms with Gasteiger partial charge in [-0.2, -0.15) is 0 Å². The minimum atomic E-state index is -0.416. The first kappa shape index (κ1) is 11.7. The summed E-state index contributed by atoms with van der Waals surface area (Å²) in [4.78, 5) is 10.3. The minimum Gasteiger partial charge on any atom is -0.491 e. The fourth-order valence-corrected chi connectivity index (χ4v) is 1.24. The number of halogens is 1. The van der Waals surface area contributed by atoms with Crippen LogP contribution in [-0.4, -0.2) is 12.9 Å². The second-order valence-electron chi connectivity index (χ2n) is 3.30. The Kier molecular flexibility index (Phi) is 4.81. The highest BCUT2D eigenvalue weighted by Gasteiger charge is 2.07. The summed E-state index contributed by atoms with van der Waals surface area (Å²) < 4.78 is 18.9. The molecule has 0 aliphatic heterocycles. The number of carbonyl (C=O) groups excluding carboxylic acids is 1. The van der Waals surface area contributed by atoms with Crippen LogP contribution in [0.1, 0.15) is 25.3 Å². The van der Waals surface area contributed by atoms with E-state index in [1.807, 2.05) is 6.92 Å². The fourth-order valence-electron chi connectivity index (χ4n) is 1.24. The minimum absolute atomic E-state index is 0.0941. The molecule has 0 unspecified atom stereocenters. The van der Waals surface area contributed by atoms with Gasteiger partial charge in [-0.15, -0.1) is 0 Å². The van der Waals surface area contributed by atoms with Gasteiger partial charge in [0.1, 0.15) is 6.29 Å². The third-order valence-electron chi connectivity index (χ3n) is 2.10. The van der Waals surface area contributed by atoms with E-state index in [9.17, 15) is 9.18 Å². The molecule has 0 aliphatic carbocycles. The highest BCUT2D eigenvalue weighted by molar-refractivity contribution is 5.55. The van der Waals surface area contributed by atoms with Gasteiger partial charge in [0, 0.05) is 6.42 Å². The lowest BCUT2D eigenvalue weighted by Crippen LogP contribution is -2.01. The number of hydrogen-bond acceptors (Lipinski definition) is 2. The highest BCUT2D eigenvalue weighted by Crippen LogP contribution is 2.20. The third-order valence-corrected chi connectivity index (χ3v) is 2.10. The quantitative estimate of drug-likeness (QED) is 0.533. The molecule has 0 saturated carbocycles. The van der Waals surface area contributed by atoms with Gasteiger partial charge in [-0.3, -0.25) is 0 Å². The Bertz CT molecular complexity index is 323. The van der Waals surface area contributed by atoms with Crippen LogP contribution in [0.5, 0.6) is 5.75 Å². The maximum absolute atomic E-state index is 13.6. The first-order chi connectivity index (χ1) is 7.29. The van der Waals surface area contributed by atoms with Crippen LogP contribution in [0.3, 0.4) is 0 Å². The molecule has 0 amide bonds. The molecule has 0 atom stereocenters. The zero-order valence-corrected chi connectivity index (χ0v) is 8.83. The Labute approximate surface area is 89.1 Å². The van der Waals surface area contributed by atoms with Crippen molar-refractivity contribution >= 4 is 6.29 Å². The molecule has 0 radical (unpaired) electrons. The van der Waals surface area contributed by atoms with Gasteiger partial charge in [-0.1, -0.05) is 25.5 Å². The summed E-state index contributed by atoms with van der Waals surface area (Å²) in [6.07, 6.45) is 2.69. The molecule has 0 heterocycles. The van der Waals surface area contributed by atoms with Crippen molar-refractivity contribution in [3.05, 3.63) is 29.6 Å². The molecular formula is C12H15FO2. The molecule has 1 aromatic rings. The first-order valence-electron chi connectivity index (χ1n) is 5.13. The molecule has 0 bridgehead atoms. The molecule has 0 aliphatic rings. The number of rotatable bonds is 6. The predicted molar refractivity (Wildman–Crippen MR) is 56.6 cm³/mol. The lowest BCUT2D eigenvalue weighted by Gasteiger charge is -2.08. The van der Waals surface area contributed by atoms with Crippen LogP contribution in [-0.2, 0) is 11.2 Å². The van der Waals surface area contributed by atoms with E-state index in [-0.39, 0.29) is 12.2 Å². The Balaban J connectivity index is 2.70. The van der Waals surface area contributed by atoms with Gasteiger partial charge in [0.05, 0.1) is 6.61 Å². The Hall–Kier alpha value is -1.38. The van der Waals surface area contributed by atoms with Crippen LogP contribution >= 0.6 is 0 Å². The van der Waals surface area contributed by atoms with Crippen LogP contribution < -0.4 is 4.74 Å². The summed E-state index contributed by atoms with van der Waals surface area (Å²) in [5, 5.41) is 0. The molecule has 2 nitrogen and oxygen atoms in total. The molecule has 1 aromatic carbocycles. The largest absolute Gasteiger partial charge is 0.491 e. The van der Waals surface area contributed by atoms with Gasteiger partial charge in [0.2, 0.25) is 0 Å². The van der Waals surface area contributed by atoms with E-state index in [1.165, 1.54) is 0 Å². The van der Waals surface area contributed by atoms with Crippen molar-refractivity contribution in [3.8, 4) is 5.75 Å². The second kappa shape index (κ2) is 6.17. The second-order valence-corrected chi connectivity index (χ2v) is 3.30. The van der Waals surface area contributed by atoms with Crippen LogP contribution in [0.25, 0.3) is 0 Å². The van der Waals surface area contributed by atoms with Gasteiger partial charge < -0.3 is 9.53 Å². The van der Waals surface area contributed by atoms with E-state index in [0.29, 0.717) is 18.5 Å². The molecule has 82 valence electrons. The van der Waals surface area contributed by atoms with E-state index in [0.717, 1.165) is 12.8 Å². The van der Waals surface area contributed by atoms with Crippen molar-refractivity contribution in [2.24, 2.45) is 0 Å². The molecule has 0 N–H and O–H groups in total. The Morgan fingerprint density at radius 1 is 1.47 bits per heavy atom. The van der Waals surface area contributed by atoms with Crippen molar-refractivity contribution in [1.82, 2.24) is 0 Å². The number of benzene rings is 1. The van der Waals surface area contributed by atoms with Crippen molar-refractivity contribution < 1.29 is 13.9 Å². The third kappa shape index (κ3) is 3.35. The number of aldehydes is 1. The summed E-state index contributed by atoms with van der Waals surface area (Å²) in [7, 11) is 0. The van der Waals surface area contributed by atoms with Crippen molar-refractivity contribution in [3.63, 3.8) is 0 Å². The van der Waals surface area contributed by atoms with Gasteiger partial charge in [-0.25, -0.2) is 4.39 Å². The normalized spacial score (nSPS) is 10.0. The summed E-state index contributed by atoms with van der Waals surface area (Å²) in [6.45, 7) is 2.56. The summed E-state index contributed by atoms with van der Waals surface area (Å²) >= 11 is 0. The van der Waals surface area contributed by atoms with Gasteiger partial charge >= 0.3 is 0 Å². The Morgan fingerprint density at radius 2 is 2.27 bits per heavy atom. The smallest absolute Gasteiger partial charge is 0.168 e. The van der Waals surface area contributed by atoms with Crippen LogP contribution in [0, 0.1) is 5.82 Å². The lowest BCUT2D eigenvalue weighted by atomic mass is 10.1. The van der Waals surface area contributed by atoms with E-state index < -0.39 is 5.82 Å². The van der Waals surface area contributed by atoms with E-state index >= 15 is 0 Å². The molecule has 0 saturated heterocycles. The highest BCUT2D eigenvalue weighted by atomic mass is 19.1. The standard InChI is InChI=1S/C12H15FO2/c1-2-3-9-15-11-6-4-5-10(7-8-14)12(11)13/h4-6,8H,2-3,7,9H2,1H3. The maximum atomic E-state index is 13.6. The lowest BCUT2D eigenvalue weighted by molar-refractivity contribution is -0.107. The molecule has 0 aromatic heterocycles. The van der Waals surface area contributed by atoms with Crippen LogP contribution in [0.15, 0.2) is 18.2 Å². The number of ether oxygens (including phenoxy) is 1. The van der Waals surface area contributed by atoms with Gasteiger partial charge in [0.15, 0.2) is 11.6 Å². The fraction of sp³-hybridized carbons (Fsp3) is 0.417. The zero-order chi connectivity index (χ0) is 11.1. The zero-order valence-electron chi connectivity index (χ0n) is 8.83. The SMILES string of the molecule is CCCCOc1cccc(CC=O)c1F. The molecule has 15 heavy (non-hydrogen) atoms. The average Bonchev–Trinajstić information content (AvgIpc) is 2.24. The number of carbonyl (C=O) groups is 1. The van der Waals surface area contributed by atoms with Crippen LogP contribution in [0.4, 0.5) is 4.39 Å².